The molecule has 2 rings (SSSR count). The predicted molar refractivity (Wildman–Crippen MR) is 76.2 cm³/mol. The highest BCUT2D eigenvalue weighted by Gasteiger charge is 2.18. The van der Waals surface area contributed by atoms with Crippen molar-refractivity contribution in [3.05, 3.63) is 51.8 Å². The first-order chi connectivity index (χ1) is 10.0. The van der Waals surface area contributed by atoms with Gasteiger partial charge in [-0.25, -0.2) is 8.78 Å². The molecule has 0 radical (unpaired) electrons. The molecule has 112 valence electrons. The fourth-order valence-electron chi connectivity index (χ4n) is 1.97. The molecule has 1 heterocycles. The lowest BCUT2D eigenvalue weighted by Crippen LogP contribution is -2.15. The van der Waals surface area contributed by atoms with Gasteiger partial charge < -0.3 is 4.74 Å². The Morgan fingerprint density at radius 3 is 2.62 bits per heavy atom. The van der Waals surface area contributed by atoms with Crippen LogP contribution in [-0.4, -0.2) is 29.3 Å². The van der Waals surface area contributed by atoms with Gasteiger partial charge in [0.2, 0.25) is 0 Å². The number of halogens is 3. The molecule has 0 atom stereocenters. The highest BCUT2D eigenvalue weighted by Crippen LogP contribution is 2.19. The van der Waals surface area contributed by atoms with Crippen LogP contribution in [0.5, 0.6) is 0 Å². The lowest BCUT2D eigenvalue weighted by molar-refractivity contribution is 0.0978. The van der Waals surface area contributed by atoms with Crippen molar-refractivity contribution >= 4 is 21.7 Å². The van der Waals surface area contributed by atoms with E-state index < -0.39 is 11.6 Å². The maximum absolute atomic E-state index is 13.2. The number of rotatable bonds is 6. The first-order valence-corrected chi connectivity index (χ1v) is 6.99. The van der Waals surface area contributed by atoms with Crippen molar-refractivity contribution in [1.29, 1.82) is 0 Å². The van der Waals surface area contributed by atoms with E-state index in [1.54, 1.807) is 7.11 Å². The topological polar surface area (TPSA) is 44.1 Å². The fourth-order valence-corrected chi connectivity index (χ4v) is 2.49. The van der Waals surface area contributed by atoms with Gasteiger partial charge in [0.25, 0.3) is 0 Å². The monoisotopic (exact) mass is 358 g/mol. The van der Waals surface area contributed by atoms with Crippen molar-refractivity contribution in [3.63, 3.8) is 0 Å². The summed E-state index contributed by atoms with van der Waals surface area (Å²) >= 11 is 3.26. The molecule has 0 aliphatic carbocycles. The number of aromatic nitrogens is 2. The van der Waals surface area contributed by atoms with Crippen LogP contribution >= 0.6 is 15.9 Å². The Labute approximate surface area is 128 Å². The molecule has 0 saturated heterocycles. The lowest BCUT2D eigenvalue weighted by Gasteiger charge is -2.07. The fraction of sp³-hybridized carbons (Fsp3) is 0.286. The van der Waals surface area contributed by atoms with Crippen LogP contribution < -0.4 is 0 Å². The number of carbonyl (C=O) groups is 1. The zero-order chi connectivity index (χ0) is 15.4. The zero-order valence-electron chi connectivity index (χ0n) is 11.3. The molecule has 0 amide bonds. The smallest absolute Gasteiger partial charge is 0.186 e. The summed E-state index contributed by atoms with van der Waals surface area (Å²) in [5.41, 5.74) is 0.639. The van der Waals surface area contributed by atoms with Gasteiger partial charge in [-0.1, -0.05) is 0 Å². The quantitative estimate of drug-likeness (QED) is 0.745. The second-order valence-corrected chi connectivity index (χ2v) is 5.29. The molecule has 0 fully saturated rings. The minimum atomic E-state index is -0.704. The summed E-state index contributed by atoms with van der Waals surface area (Å²) in [6, 6.07) is 3.06. The minimum Gasteiger partial charge on any atom is -0.383 e. The number of Topliss-reactive ketones (excluding diaryl/α,β-unsaturated/α-hetero) is 1. The average Bonchev–Trinajstić information content (AvgIpc) is 2.76. The van der Waals surface area contributed by atoms with Gasteiger partial charge in [-0.2, -0.15) is 5.10 Å². The van der Waals surface area contributed by atoms with E-state index in [2.05, 4.69) is 21.0 Å². The predicted octanol–water partition coefficient (Wildman–Crippen LogP) is 3.00. The van der Waals surface area contributed by atoms with E-state index in [1.807, 2.05) is 0 Å². The first-order valence-electron chi connectivity index (χ1n) is 6.19. The van der Waals surface area contributed by atoms with Crippen molar-refractivity contribution in [2.45, 2.75) is 13.0 Å². The summed E-state index contributed by atoms with van der Waals surface area (Å²) in [5, 5.41) is 4.07. The van der Waals surface area contributed by atoms with E-state index in [-0.39, 0.29) is 17.8 Å². The third kappa shape index (κ3) is 3.95. The van der Waals surface area contributed by atoms with Crippen molar-refractivity contribution in [1.82, 2.24) is 9.78 Å². The number of ketones is 1. The number of ether oxygens (including phenoxy) is 1. The Morgan fingerprint density at radius 2 is 2.00 bits per heavy atom. The van der Waals surface area contributed by atoms with E-state index in [9.17, 15) is 13.6 Å². The van der Waals surface area contributed by atoms with Gasteiger partial charge in [0.15, 0.2) is 5.78 Å². The average molecular weight is 359 g/mol. The van der Waals surface area contributed by atoms with Crippen LogP contribution in [0.4, 0.5) is 8.78 Å². The molecule has 21 heavy (non-hydrogen) atoms. The number of benzene rings is 1. The molecule has 4 nitrogen and oxygen atoms in total. The van der Waals surface area contributed by atoms with E-state index >= 15 is 0 Å². The summed E-state index contributed by atoms with van der Waals surface area (Å²) in [6.07, 6.45) is 1.40. The Balaban J connectivity index is 2.22. The van der Waals surface area contributed by atoms with Gasteiger partial charge in [-0.3, -0.25) is 9.48 Å². The van der Waals surface area contributed by atoms with Gasteiger partial charge in [0.1, 0.15) is 17.3 Å². The number of nitrogens with zero attached hydrogens (tertiary/aromatic N) is 2. The molecular weight excluding hydrogens is 346 g/mol. The molecule has 2 aromatic rings. The molecule has 1 aromatic heterocycles. The molecule has 0 saturated carbocycles. The van der Waals surface area contributed by atoms with Crippen LogP contribution in [0, 0.1) is 11.6 Å². The number of carbonyl (C=O) groups excluding carboxylic acids is 1. The molecular formula is C14H13BrF2N2O2. The molecule has 0 aliphatic rings. The number of hydrogen-bond acceptors (Lipinski definition) is 3. The second kappa shape index (κ2) is 6.91. The third-order valence-electron chi connectivity index (χ3n) is 2.85. The van der Waals surface area contributed by atoms with Crippen molar-refractivity contribution in [2.24, 2.45) is 0 Å². The standard InChI is InChI=1S/C14H13BrF2N2O2/c1-21-3-2-19-14(12(15)8-18-19)13(20)6-9-4-10(16)7-11(17)5-9/h4-5,7-8H,2-3,6H2,1H3. The van der Waals surface area contributed by atoms with E-state index in [0.717, 1.165) is 18.2 Å². The van der Waals surface area contributed by atoms with Crippen molar-refractivity contribution in [2.75, 3.05) is 13.7 Å². The maximum atomic E-state index is 13.2. The van der Waals surface area contributed by atoms with Crippen LogP contribution in [-0.2, 0) is 17.7 Å². The summed E-state index contributed by atoms with van der Waals surface area (Å²) in [7, 11) is 1.55. The molecule has 0 spiro atoms. The zero-order valence-corrected chi connectivity index (χ0v) is 12.9. The lowest BCUT2D eigenvalue weighted by atomic mass is 10.1. The summed E-state index contributed by atoms with van der Waals surface area (Å²) in [5.74, 6) is -1.69. The Hall–Kier alpha value is -1.60. The Bertz CT molecular complexity index is 638. The SMILES string of the molecule is COCCn1ncc(Br)c1C(=O)Cc1cc(F)cc(F)c1. The van der Waals surface area contributed by atoms with E-state index in [1.165, 1.54) is 10.9 Å². The van der Waals surface area contributed by atoms with Crippen LogP contribution in [0.15, 0.2) is 28.9 Å². The largest absolute Gasteiger partial charge is 0.383 e. The highest BCUT2D eigenvalue weighted by molar-refractivity contribution is 9.10. The molecule has 1 aromatic carbocycles. The van der Waals surface area contributed by atoms with Gasteiger partial charge in [-0.05, 0) is 33.6 Å². The summed E-state index contributed by atoms with van der Waals surface area (Å²) in [4.78, 5) is 12.3. The van der Waals surface area contributed by atoms with Crippen LogP contribution in [0.25, 0.3) is 0 Å². The third-order valence-corrected chi connectivity index (χ3v) is 3.43. The van der Waals surface area contributed by atoms with Crippen LogP contribution in [0.1, 0.15) is 16.1 Å². The number of methoxy groups -OCH3 is 1. The summed E-state index contributed by atoms with van der Waals surface area (Å²) < 4.78 is 33.3. The van der Waals surface area contributed by atoms with Gasteiger partial charge in [-0.15, -0.1) is 0 Å². The second-order valence-electron chi connectivity index (χ2n) is 4.43. The van der Waals surface area contributed by atoms with E-state index in [4.69, 9.17) is 4.74 Å². The van der Waals surface area contributed by atoms with Crippen LogP contribution in [0.3, 0.4) is 0 Å². The first kappa shape index (κ1) is 15.8. The van der Waals surface area contributed by atoms with Gasteiger partial charge in [0, 0.05) is 19.6 Å². The molecule has 0 aliphatic heterocycles. The van der Waals surface area contributed by atoms with Gasteiger partial charge >= 0.3 is 0 Å². The van der Waals surface area contributed by atoms with E-state index in [0.29, 0.717) is 23.3 Å². The molecule has 0 bridgehead atoms. The molecule has 0 unspecified atom stereocenters. The van der Waals surface area contributed by atoms with Crippen molar-refractivity contribution < 1.29 is 18.3 Å². The Kier molecular flexibility index (Phi) is 5.19. The molecule has 7 heteroatoms. The normalized spacial score (nSPS) is 10.9. The van der Waals surface area contributed by atoms with Crippen molar-refractivity contribution in [3.8, 4) is 0 Å². The minimum absolute atomic E-state index is 0.105. The van der Waals surface area contributed by atoms with Gasteiger partial charge in [0.05, 0.1) is 23.8 Å². The maximum Gasteiger partial charge on any atom is 0.186 e. The highest BCUT2D eigenvalue weighted by atomic mass is 79.9. The summed E-state index contributed by atoms with van der Waals surface area (Å²) in [6.45, 7) is 0.823. The van der Waals surface area contributed by atoms with Crippen LogP contribution in [0.2, 0.25) is 0 Å². The Morgan fingerprint density at radius 1 is 1.33 bits per heavy atom. The number of hydrogen-bond donors (Lipinski definition) is 0. The molecule has 0 N–H and O–H groups in total.